The Hall–Kier alpha value is -1.89. The van der Waals surface area contributed by atoms with Crippen molar-refractivity contribution in [3.63, 3.8) is 0 Å². The largest absolute Gasteiger partial charge is 0.356 e. The van der Waals surface area contributed by atoms with Crippen LogP contribution in [-0.4, -0.2) is 34.3 Å². The summed E-state index contributed by atoms with van der Waals surface area (Å²) in [5.74, 6) is 2.88. The van der Waals surface area contributed by atoms with Crippen molar-refractivity contribution in [2.45, 2.75) is 45.2 Å². The van der Waals surface area contributed by atoms with Crippen LogP contribution in [0, 0.1) is 0 Å². The molecule has 0 radical (unpaired) electrons. The number of hydrogen-bond donors (Lipinski definition) is 2. The lowest BCUT2D eigenvalue weighted by Crippen LogP contribution is -2.43. The van der Waals surface area contributed by atoms with Gasteiger partial charge in [0, 0.05) is 36.9 Å². The number of nitrogens with zero attached hydrogens (tertiary/aromatic N) is 4. The van der Waals surface area contributed by atoms with Crippen LogP contribution in [0.5, 0.6) is 0 Å². The van der Waals surface area contributed by atoms with E-state index < -0.39 is 0 Å². The van der Waals surface area contributed by atoms with E-state index in [-0.39, 0.29) is 5.41 Å². The fourth-order valence-electron chi connectivity index (χ4n) is 2.78. The van der Waals surface area contributed by atoms with E-state index in [4.69, 9.17) is 0 Å². The van der Waals surface area contributed by atoms with Crippen LogP contribution in [0.1, 0.15) is 36.8 Å². The second kappa shape index (κ2) is 6.70. The minimum Gasteiger partial charge on any atom is -0.356 e. The van der Waals surface area contributed by atoms with E-state index in [9.17, 15) is 0 Å². The molecule has 0 aromatic carbocycles. The van der Waals surface area contributed by atoms with Crippen molar-refractivity contribution in [1.29, 1.82) is 0 Å². The van der Waals surface area contributed by atoms with Crippen molar-refractivity contribution in [3.05, 3.63) is 34.0 Å². The molecule has 0 saturated heterocycles. The van der Waals surface area contributed by atoms with Gasteiger partial charge in [-0.15, -0.1) is 21.5 Å². The van der Waals surface area contributed by atoms with Crippen LogP contribution >= 0.6 is 11.3 Å². The lowest BCUT2D eigenvalue weighted by molar-refractivity contribution is 0.517. The molecule has 23 heavy (non-hydrogen) atoms. The average Bonchev–Trinajstić information content (AvgIpc) is 3.26. The predicted molar refractivity (Wildman–Crippen MR) is 93.9 cm³/mol. The number of nitrogens with one attached hydrogen (secondary N) is 2. The number of aliphatic imine (C=N–C) groups is 1. The highest BCUT2D eigenvalue weighted by atomic mass is 32.1. The summed E-state index contributed by atoms with van der Waals surface area (Å²) < 4.78 is 2.20. The summed E-state index contributed by atoms with van der Waals surface area (Å²) in [5.41, 5.74) is 0.0713. The van der Waals surface area contributed by atoms with Crippen LogP contribution in [0.3, 0.4) is 0 Å². The summed E-state index contributed by atoms with van der Waals surface area (Å²) in [6.45, 7) is 6.98. The monoisotopic (exact) mass is 332 g/mol. The number of fused-ring (bicyclic) bond motifs is 1. The Labute approximate surface area is 141 Å². The Morgan fingerprint density at radius 2 is 2.26 bits per heavy atom. The first-order chi connectivity index (χ1) is 11.1. The highest BCUT2D eigenvalue weighted by molar-refractivity contribution is 7.10. The third-order valence-electron chi connectivity index (χ3n) is 4.21. The van der Waals surface area contributed by atoms with Gasteiger partial charge < -0.3 is 15.2 Å². The Kier molecular flexibility index (Phi) is 4.66. The molecule has 0 amide bonds. The molecule has 0 aliphatic carbocycles. The van der Waals surface area contributed by atoms with E-state index in [0.717, 1.165) is 37.1 Å². The minimum atomic E-state index is 0.0713. The SMILES string of the molecule is CN=C(NCc1nnc2n1CCC2)NCC(C)(C)c1cccs1. The zero-order valence-corrected chi connectivity index (χ0v) is 14.8. The van der Waals surface area contributed by atoms with Crippen molar-refractivity contribution < 1.29 is 0 Å². The van der Waals surface area contributed by atoms with Crippen molar-refractivity contribution in [3.8, 4) is 0 Å². The summed E-state index contributed by atoms with van der Waals surface area (Å²) in [4.78, 5) is 5.68. The number of hydrogen-bond acceptors (Lipinski definition) is 4. The molecule has 0 atom stereocenters. The molecule has 0 unspecified atom stereocenters. The van der Waals surface area contributed by atoms with E-state index >= 15 is 0 Å². The number of thiophene rings is 1. The zero-order chi connectivity index (χ0) is 16.3. The topological polar surface area (TPSA) is 67.1 Å². The van der Waals surface area contributed by atoms with E-state index in [1.54, 1.807) is 18.4 Å². The van der Waals surface area contributed by atoms with Gasteiger partial charge in [-0.05, 0) is 17.9 Å². The van der Waals surface area contributed by atoms with Crippen LogP contribution in [0.15, 0.2) is 22.5 Å². The summed E-state index contributed by atoms with van der Waals surface area (Å²) >= 11 is 1.79. The quantitative estimate of drug-likeness (QED) is 0.648. The van der Waals surface area contributed by atoms with E-state index in [1.165, 1.54) is 11.3 Å². The smallest absolute Gasteiger partial charge is 0.191 e. The van der Waals surface area contributed by atoms with Crippen molar-refractivity contribution in [1.82, 2.24) is 25.4 Å². The fourth-order valence-corrected chi connectivity index (χ4v) is 3.63. The van der Waals surface area contributed by atoms with Crippen LogP contribution in [0.4, 0.5) is 0 Å². The van der Waals surface area contributed by atoms with Gasteiger partial charge in [0.15, 0.2) is 11.8 Å². The van der Waals surface area contributed by atoms with Gasteiger partial charge in [-0.25, -0.2) is 0 Å². The third kappa shape index (κ3) is 3.55. The lowest BCUT2D eigenvalue weighted by Gasteiger charge is -2.25. The van der Waals surface area contributed by atoms with Crippen LogP contribution in [-0.2, 0) is 24.9 Å². The summed E-state index contributed by atoms with van der Waals surface area (Å²) in [6, 6.07) is 4.28. The van der Waals surface area contributed by atoms with Gasteiger partial charge in [-0.3, -0.25) is 4.99 Å². The normalized spacial score (nSPS) is 14.8. The van der Waals surface area contributed by atoms with Crippen molar-refractivity contribution in [2.75, 3.05) is 13.6 Å². The second-order valence-electron chi connectivity index (χ2n) is 6.43. The molecule has 2 N–H and O–H groups in total. The molecule has 3 rings (SSSR count). The molecule has 3 heterocycles. The van der Waals surface area contributed by atoms with Crippen molar-refractivity contribution in [2.24, 2.45) is 4.99 Å². The van der Waals surface area contributed by atoms with Gasteiger partial charge in [0.1, 0.15) is 5.82 Å². The first-order valence-electron chi connectivity index (χ1n) is 7.99. The van der Waals surface area contributed by atoms with E-state index in [1.807, 2.05) is 0 Å². The minimum absolute atomic E-state index is 0.0713. The Morgan fingerprint density at radius 3 is 3.00 bits per heavy atom. The lowest BCUT2D eigenvalue weighted by atomic mass is 9.91. The number of aromatic nitrogens is 3. The highest BCUT2D eigenvalue weighted by Crippen LogP contribution is 2.26. The van der Waals surface area contributed by atoms with Gasteiger partial charge in [-0.2, -0.15) is 0 Å². The van der Waals surface area contributed by atoms with Gasteiger partial charge in [0.25, 0.3) is 0 Å². The zero-order valence-electron chi connectivity index (χ0n) is 14.0. The highest BCUT2D eigenvalue weighted by Gasteiger charge is 2.22. The number of rotatable bonds is 5. The fraction of sp³-hybridized carbons (Fsp3) is 0.562. The summed E-state index contributed by atoms with van der Waals surface area (Å²) in [5, 5.41) is 17.4. The maximum absolute atomic E-state index is 4.31. The molecular weight excluding hydrogens is 308 g/mol. The van der Waals surface area contributed by atoms with Crippen LogP contribution in [0.2, 0.25) is 0 Å². The first-order valence-corrected chi connectivity index (χ1v) is 8.87. The maximum atomic E-state index is 4.31. The maximum Gasteiger partial charge on any atom is 0.191 e. The molecule has 1 aliphatic heterocycles. The summed E-state index contributed by atoms with van der Waals surface area (Å²) in [6.07, 6.45) is 2.20. The van der Waals surface area contributed by atoms with Crippen LogP contribution < -0.4 is 10.6 Å². The van der Waals surface area contributed by atoms with Gasteiger partial charge in [0.05, 0.1) is 6.54 Å². The molecule has 0 spiro atoms. The Bertz CT molecular complexity index is 671. The Balaban J connectivity index is 1.54. The van der Waals surface area contributed by atoms with Gasteiger partial charge in [0.2, 0.25) is 0 Å². The summed E-state index contributed by atoms with van der Waals surface area (Å²) in [7, 11) is 1.79. The molecule has 7 heteroatoms. The molecule has 2 aromatic heterocycles. The molecular formula is C16H24N6S. The molecule has 0 fully saturated rings. The third-order valence-corrected chi connectivity index (χ3v) is 5.45. The van der Waals surface area contributed by atoms with Gasteiger partial charge in [-0.1, -0.05) is 19.9 Å². The number of aryl methyl sites for hydroxylation is 1. The van der Waals surface area contributed by atoms with Gasteiger partial charge >= 0.3 is 0 Å². The second-order valence-corrected chi connectivity index (χ2v) is 7.38. The van der Waals surface area contributed by atoms with E-state index in [0.29, 0.717) is 6.54 Å². The first kappa shape index (κ1) is 16.0. The molecule has 0 bridgehead atoms. The number of guanidine groups is 1. The molecule has 124 valence electrons. The Morgan fingerprint density at radius 1 is 1.39 bits per heavy atom. The molecule has 1 aliphatic rings. The predicted octanol–water partition coefficient (Wildman–Crippen LogP) is 1.93. The standard InChI is InChI=1S/C16H24N6S/c1-16(2,12-6-5-9-23-12)11-19-15(17-3)18-10-14-21-20-13-7-4-8-22(13)14/h5-6,9H,4,7-8,10-11H2,1-3H3,(H2,17,18,19). The van der Waals surface area contributed by atoms with Crippen LogP contribution in [0.25, 0.3) is 0 Å². The average molecular weight is 332 g/mol. The molecule has 6 nitrogen and oxygen atoms in total. The molecule has 0 saturated carbocycles. The molecule has 2 aromatic rings. The van der Waals surface area contributed by atoms with E-state index in [2.05, 4.69) is 61.8 Å². The van der Waals surface area contributed by atoms with Crippen molar-refractivity contribution >= 4 is 17.3 Å².